The summed E-state index contributed by atoms with van der Waals surface area (Å²) in [4.78, 5) is 2.64. The Morgan fingerprint density at radius 2 is 1.86 bits per heavy atom. The van der Waals surface area contributed by atoms with Crippen molar-refractivity contribution in [1.29, 1.82) is 0 Å². The van der Waals surface area contributed by atoms with Gasteiger partial charge in [-0.15, -0.1) is 11.6 Å². The summed E-state index contributed by atoms with van der Waals surface area (Å²) >= 11 is 5.80. The SMILES string of the molecule is C=C(CCl)CN1CCCC12CCCC2. The molecule has 0 aromatic carbocycles. The second kappa shape index (κ2) is 4.24. The lowest BCUT2D eigenvalue weighted by molar-refractivity contribution is 0.157. The van der Waals surface area contributed by atoms with Crippen LogP contribution < -0.4 is 0 Å². The largest absolute Gasteiger partial charge is 0.294 e. The van der Waals surface area contributed by atoms with E-state index in [0.29, 0.717) is 11.4 Å². The highest BCUT2D eigenvalue weighted by atomic mass is 35.5. The van der Waals surface area contributed by atoms with E-state index in [4.69, 9.17) is 11.6 Å². The van der Waals surface area contributed by atoms with Crippen LogP contribution in [-0.2, 0) is 0 Å². The number of likely N-dealkylation sites (tertiary alicyclic amines) is 1. The molecular formula is C12H20ClN. The van der Waals surface area contributed by atoms with Gasteiger partial charge in [0.05, 0.1) is 0 Å². The minimum atomic E-state index is 0.551. The summed E-state index contributed by atoms with van der Waals surface area (Å²) in [5, 5.41) is 0. The van der Waals surface area contributed by atoms with Crippen molar-refractivity contribution in [2.24, 2.45) is 0 Å². The lowest BCUT2D eigenvalue weighted by atomic mass is 9.94. The quantitative estimate of drug-likeness (QED) is 0.514. The van der Waals surface area contributed by atoms with Gasteiger partial charge in [-0.3, -0.25) is 4.90 Å². The Bertz CT molecular complexity index is 213. The predicted octanol–water partition coefficient (Wildman–Crippen LogP) is 3.19. The summed E-state index contributed by atoms with van der Waals surface area (Å²) in [5.41, 5.74) is 1.73. The molecule has 1 aliphatic carbocycles. The minimum absolute atomic E-state index is 0.551. The van der Waals surface area contributed by atoms with Crippen molar-refractivity contribution in [3.63, 3.8) is 0 Å². The van der Waals surface area contributed by atoms with E-state index in [-0.39, 0.29) is 0 Å². The fraction of sp³-hybridized carbons (Fsp3) is 0.833. The second-order valence-corrected chi connectivity index (χ2v) is 5.11. The smallest absolute Gasteiger partial charge is 0.0443 e. The van der Waals surface area contributed by atoms with Gasteiger partial charge in [-0.25, -0.2) is 0 Å². The molecule has 0 radical (unpaired) electrons. The minimum Gasteiger partial charge on any atom is -0.294 e. The molecule has 1 heterocycles. The molecule has 1 saturated heterocycles. The molecule has 0 unspecified atom stereocenters. The van der Waals surface area contributed by atoms with Gasteiger partial charge in [-0.2, -0.15) is 0 Å². The molecule has 1 spiro atoms. The van der Waals surface area contributed by atoms with Crippen LogP contribution in [0.3, 0.4) is 0 Å². The van der Waals surface area contributed by atoms with Crippen molar-refractivity contribution in [2.75, 3.05) is 19.0 Å². The Morgan fingerprint density at radius 3 is 2.50 bits per heavy atom. The predicted molar refractivity (Wildman–Crippen MR) is 61.9 cm³/mol. The average Bonchev–Trinajstić information content (AvgIpc) is 2.79. The maximum atomic E-state index is 5.80. The van der Waals surface area contributed by atoms with Gasteiger partial charge >= 0.3 is 0 Å². The van der Waals surface area contributed by atoms with E-state index in [0.717, 1.165) is 6.54 Å². The fourth-order valence-electron chi connectivity index (χ4n) is 3.15. The van der Waals surface area contributed by atoms with Crippen LogP contribution in [0.15, 0.2) is 12.2 Å². The van der Waals surface area contributed by atoms with E-state index in [2.05, 4.69) is 11.5 Å². The summed E-state index contributed by atoms with van der Waals surface area (Å²) in [7, 11) is 0. The van der Waals surface area contributed by atoms with Gasteiger partial charge in [0.15, 0.2) is 0 Å². The van der Waals surface area contributed by atoms with Crippen LogP contribution in [0.25, 0.3) is 0 Å². The molecular weight excluding hydrogens is 194 g/mol. The first-order valence-corrected chi connectivity index (χ1v) is 6.28. The van der Waals surface area contributed by atoms with E-state index >= 15 is 0 Å². The monoisotopic (exact) mass is 213 g/mol. The van der Waals surface area contributed by atoms with Crippen molar-refractivity contribution >= 4 is 11.6 Å². The summed E-state index contributed by atoms with van der Waals surface area (Å²) in [6.45, 7) is 6.31. The molecule has 0 atom stereocenters. The number of hydrogen-bond acceptors (Lipinski definition) is 1. The molecule has 2 heteroatoms. The van der Waals surface area contributed by atoms with Gasteiger partial charge in [0.25, 0.3) is 0 Å². The standard InChI is InChI=1S/C12H20ClN/c1-11(9-13)10-14-8-4-7-12(14)5-2-3-6-12/h1-10H2. The van der Waals surface area contributed by atoms with E-state index in [9.17, 15) is 0 Å². The van der Waals surface area contributed by atoms with Crippen molar-refractivity contribution in [3.05, 3.63) is 12.2 Å². The third-order valence-corrected chi connectivity index (χ3v) is 4.26. The first-order valence-electron chi connectivity index (χ1n) is 5.74. The summed E-state index contributed by atoms with van der Waals surface area (Å²) < 4.78 is 0. The fourth-order valence-corrected chi connectivity index (χ4v) is 3.24. The molecule has 2 rings (SSSR count). The van der Waals surface area contributed by atoms with Gasteiger partial charge in [0, 0.05) is 18.0 Å². The lowest BCUT2D eigenvalue weighted by Crippen LogP contribution is -2.42. The van der Waals surface area contributed by atoms with E-state index in [1.54, 1.807) is 0 Å². The van der Waals surface area contributed by atoms with Crippen molar-refractivity contribution in [3.8, 4) is 0 Å². The molecule has 2 aliphatic rings. The third-order valence-electron chi connectivity index (χ3n) is 3.88. The number of rotatable bonds is 3. The highest BCUT2D eigenvalue weighted by molar-refractivity contribution is 6.19. The zero-order chi connectivity index (χ0) is 10.0. The Morgan fingerprint density at radius 1 is 1.21 bits per heavy atom. The maximum absolute atomic E-state index is 5.80. The molecule has 1 aliphatic heterocycles. The molecule has 0 aromatic rings. The van der Waals surface area contributed by atoms with Crippen LogP contribution >= 0.6 is 11.6 Å². The van der Waals surface area contributed by atoms with Gasteiger partial charge < -0.3 is 0 Å². The summed E-state index contributed by atoms with van der Waals surface area (Å²) in [6, 6.07) is 0. The van der Waals surface area contributed by atoms with Crippen LogP contribution in [0.5, 0.6) is 0 Å². The van der Waals surface area contributed by atoms with Crippen molar-refractivity contribution in [1.82, 2.24) is 4.90 Å². The number of nitrogens with zero attached hydrogens (tertiary/aromatic N) is 1. The summed E-state index contributed by atoms with van der Waals surface area (Å²) in [6.07, 6.45) is 8.43. The average molecular weight is 214 g/mol. The van der Waals surface area contributed by atoms with Gasteiger partial charge in [-0.05, 0) is 37.8 Å². The van der Waals surface area contributed by atoms with Gasteiger partial charge in [0.2, 0.25) is 0 Å². The van der Waals surface area contributed by atoms with Crippen LogP contribution in [0.2, 0.25) is 0 Å². The molecule has 1 nitrogen and oxygen atoms in total. The third kappa shape index (κ3) is 1.85. The molecule has 14 heavy (non-hydrogen) atoms. The van der Waals surface area contributed by atoms with Gasteiger partial charge in [-0.1, -0.05) is 19.4 Å². The normalized spacial score (nSPS) is 26.1. The van der Waals surface area contributed by atoms with E-state index in [1.807, 2.05) is 0 Å². The topological polar surface area (TPSA) is 3.24 Å². The molecule has 0 aromatic heterocycles. The molecule has 0 bridgehead atoms. The van der Waals surface area contributed by atoms with Gasteiger partial charge in [0.1, 0.15) is 0 Å². The first-order chi connectivity index (χ1) is 6.77. The first kappa shape index (κ1) is 10.5. The van der Waals surface area contributed by atoms with Crippen molar-refractivity contribution < 1.29 is 0 Å². The van der Waals surface area contributed by atoms with Crippen LogP contribution in [0, 0.1) is 0 Å². The second-order valence-electron chi connectivity index (χ2n) is 4.84. The van der Waals surface area contributed by atoms with Crippen LogP contribution in [0.1, 0.15) is 38.5 Å². The molecule has 0 N–H and O–H groups in total. The molecule has 2 fully saturated rings. The maximum Gasteiger partial charge on any atom is 0.0443 e. The van der Waals surface area contributed by atoms with E-state index < -0.39 is 0 Å². The molecule has 80 valence electrons. The number of alkyl halides is 1. The zero-order valence-corrected chi connectivity index (χ0v) is 9.65. The Labute approximate surface area is 92.1 Å². The zero-order valence-electron chi connectivity index (χ0n) is 8.90. The highest BCUT2D eigenvalue weighted by Crippen LogP contribution is 2.43. The van der Waals surface area contributed by atoms with E-state index in [1.165, 1.54) is 50.6 Å². The number of halogens is 1. The van der Waals surface area contributed by atoms with Crippen LogP contribution in [-0.4, -0.2) is 29.4 Å². The molecule has 0 amide bonds. The summed E-state index contributed by atoms with van der Waals surface area (Å²) in [5.74, 6) is 0.618. The highest BCUT2D eigenvalue weighted by Gasteiger charge is 2.42. The van der Waals surface area contributed by atoms with Crippen molar-refractivity contribution in [2.45, 2.75) is 44.1 Å². The number of hydrogen-bond donors (Lipinski definition) is 0. The lowest BCUT2D eigenvalue weighted by Gasteiger charge is -2.35. The Hall–Kier alpha value is -0.0100. The Balaban J connectivity index is 1.99. The van der Waals surface area contributed by atoms with Crippen LogP contribution in [0.4, 0.5) is 0 Å². The molecule has 1 saturated carbocycles. The Kier molecular flexibility index (Phi) is 3.18.